The van der Waals surface area contributed by atoms with Crippen LogP contribution >= 0.6 is 0 Å². The molecule has 0 bridgehead atoms. The summed E-state index contributed by atoms with van der Waals surface area (Å²) in [4.78, 5) is 12.3. The lowest BCUT2D eigenvalue weighted by Crippen LogP contribution is -2.20. The second kappa shape index (κ2) is 11.0. The summed E-state index contributed by atoms with van der Waals surface area (Å²) in [5, 5.41) is 0. The van der Waals surface area contributed by atoms with E-state index in [1.165, 1.54) is 44.9 Å². The van der Waals surface area contributed by atoms with Gasteiger partial charge in [0, 0.05) is 0 Å². The number of rotatable bonds is 9. The average molecular weight is 395 g/mol. The van der Waals surface area contributed by atoms with E-state index in [1.54, 1.807) is 12.1 Å². The number of esters is 1. The highest BCUT2D eigenvalue weighted by Crippen LogP contribution is 2.36. The first kappa shape index (κ1) is 21.4. The Bertz CT molecular complexity index is 747. The third kappa shape index (κ3) is 6.62. The van der Waals surface area contributed by atoms with Crippen molar-refractivity contribution in [2.75, 3.05) is 6.61 Å². The Morgan fingerprint density at radius 2 is 1.52 bits per heavy atom. The van der Waals surface area contributed by atoms with Gasteiger partial charge in [-0.05, 0) is 68.0 Å². The monoisotopic (exact) mass is 394 g/mol. The molecule has 0 radical (unpaired) electrons. The molecule has 2 aromatic rings. The minimum Gasteiger partial charge on any atom is -0.494 e. The molecule has 0 heterocycles. The van der Waals surface area contributed by atoms with Gasteiger partial charge in [-0.3, -0.25) is 0 Å². The summed E-state index contributed by atoms with van der Waals surface area (Å²) in [5.74, 6) is 2.83. The number of benzene rings is 2. The third-order valence-electron chi connectivity index (χ3n) is 6.04. The van der Waals surface area contributed by atoms with Gasteiger partial charge in [-0.1, -0.05) is 63.1 Å². The van der Waals surface area contributed by atoms with Gasteiger partial charge in [0.1, 0.15) is 11.5 Å². The van der Waals surface area contributed by atoms with Crippen molar-refractivity contribution in [3.63, 3.8) is 0 Å². The molecule has 1 fully saturated rings. The lowest BCUT2D eigenvalue weighted by molar-refractivity contribution is 0.0734. The quantitative estimate of drug-likeness (QED) is 0.261. The highest BCUT2D eigenvalue weighted by Gasteiger charge is 2.23. The lowest BCUT2D eigenvalue weighted by atomic mass is 9.75. The molecule has 0 N–H and O–H groups in total. The molecule has 3 rings (SSSR count). The van der Waals surface area contributed by atoms with E-state index >= 15 is 0 Å². The fourth-order valence-corrected chi connectivity index (χ4v) is 4.41. The van der Waals surface area contributed by atoms with Gasteiger partial charge >= 0.3 is 5.97 Å². The Labute approximate surface area is 175 Å². The second-order valence-corrected chi connectivity index (χ2v) is 8.31. The molecule has 3 nitrogen and oxygen atoms in total. The summed E-state index contributed by atoms with van der Waals surface area (Å²) in [6.45, 7) is 5.04. The zero-order valence-electron chi connectivity index (χ0n) is 17.9. The van der Waals surface area contributed by atoms with Crippen LogP contribution in [0.3, 0.4) is 0 Å². The SMILES string of the molecule is CCCC1CCCCC1CCCOc1ccc(C(=O)Oc2ccc(C)cc2)cc1. The number of carbonyl (C=O) groups is 1. The summed E-state index contributed by atoms with van der Waals surface area (Å²) in [7, 11) is 0. The Hall–Kier alpha value is -2.29. The van der Waals surface area contributed by atoms with Crippen molar-refractivity contribution in [3.05, 3.63) is 59.7 Å². The Kier molecular flexibility index (Phi) is 8.15. The van der Waals surface area contributed by atoms with Crippen molar-refractivity contribution in [1.82, 2.24) is 0 Å². The highest BCUT2D eigenvalue weighted by molar-refractivity contribution is 5.91. The molecule has 29 heavy (non-hydrogen) atoms. The fraction of sp³-hybridized carbons (Fsp3) is 0.500. The van der Waals surface area contributed by atoms with Crippen LogP contribution in [0.2, 0.25) is 0 Å². The van der Waals surface area contributed by atoms with Gasteiger partial charge in [0.05, 0.1) is 12.2 Å². The summed E-state index contributed by atoms with van der Waals surface area (Å²) in [5.41, 5.74) is 1.67. The highest BCUT2D eigenvalue weighted by atomic mass is 16.5. The van der Waals surface area contributed by atoms with Crippen molar-refractivity contribution < 1.29 is 14.3 Å². The van der Waals surface area contributed by atoms with Crippen LogP contribution in [0.4, 0.5) is 0 Å². The maximum Gasteiger partial charge on any atom is 0.343 e. The van der Waals surface area contributed by atoms with E-state index in [-0.39, 0.29) is 5.97 Å². The van der Waals surface area contributed by atoms with Crippen molar-refractivity contribution in [3.8, 4) is 11.5 Å². The first-order chi connectivity index (χ1) is 14.2. The van der Waals surface area contributed by atoms with E-state index in [2.05, 4.69) is 6.92 Å². The Morgan fingerprint density at radius 3 is 2.17 bits per heavy atom. The minimum atomic E-state index is -0.348. The van der Waals surface area contributed by atoms with E-state index in [0.717, 1.165) is 36.2 Å². The second-order valence-electron chi connectivity index (χ2n) is 8.31. The van der Waals surface area contributed by atoms with Gasteiger partial charge in [0.15, 0.2) is 0 Å². The van der Waals surface area contributed by atoms with Crippen LogP contribution < -0.4 is 9.47 Å². The zero-order chi connectivity index (χ0) is 20.5. The normalized spacial score (nSPS) is 19.0. The lowest BCUT2D eigenvalue weighted by Gasteiger charge is -2.31. The molecule has 0 spiro atoms. The van der Waals surface area contributed by atoms with Gasteiger partial charge in [0.2, 0.25) is 0 Å². The van der Waals surface area contributed by atoms with Crippen LogP contribution in [-0.4, -0.2) is 12.6 Å². The molecule has 0 aromatic heterocycles. The fourth-order valence-electron chi connectivity index (χ4n) is 4.41. The number of carbonyl (C=O) groups excluding carboxylic acids is 1. The molecular formula is C26H34O3. The molecule has 156 valence electrons. The van der Waals surface area contributed by atoms with E-state index in [4.69, 9.17) is 9.47 Å². The first-order valence-corrected chi connectivity index (χ1v) is 11.2. The topological polar surface area (TPSA) is 35.5 Å². The smallest absolute Gasteiger partial charge is 0.343 e. The van der Waals surface area contributed by atoms with Crippen LogP contribution in [0.15, 0.2) is 48.5 Å². The van der Waals surface area contributed by atoms with Gasteiger partial charge in [-0.25, -0.2) is 4.79 Å². The van der Waals surface area contributed by atoms with E-state index < -0.39 is 0 Å². The molecule has 1 aliphatic carbocycles. The van der Waals surface area contributed by atoms with Crippen LogP contribution in [-0.2, 0) is 0 Å². The molecule has 3 heteroatoms. The van der Waals surface area contributed by atoms with Gasteiger partial charge in [-0.15, -0.1) is 0 Å². The molecular weight excluding hydrogens is 360 g/mol. The van der Waals surface area contributed by atoms with E-state index in [0.29, 0.717) is 11.3 Å². The molecule has 1 aliphatic rings. The first-order valence-electron chi connectivity index (χ1n) is 11.2. The van der Waals surface area contributed by atoms with Crippen LogP contribution in [0.5, 0.6) is 11.5 Å². The molecule has 2 atom stereocenters. The summed E-state index contributed by atoms with van der Waals surface area (Å²) in [6.07, 6.45) is 10.7. The van der Waals surface area contributed by atoms with Crippen molar-refractivity contribution in [2.24, 2.45) is 11.8 Å². The summed E-state index contributed by atoms with van der Waals surface area (Å²) >= 11 is 0. The number of ether oxygens (including phenoxy) is 2. The van der Waals surface area contributed by atoms with Gasteiger partial charge in [0.25, 0.3) is 0 Å². The van der Waals surface area contributed by atoms with Crippen LogP contribution in [0, 0.1) is 18.8 Å². The molecule has 0 amide bonds. The third-order valence-corrected chi connectivity index (χ3v) is 6.04. The number of hydrogen-bond donors (Lipinski definition) is 0. The number of hydrogen-bond acceptors (Lipinski definition) is 3. The predicted molar refractivity (Wildman–Crippen MR) is 118 cm³/mol. The van der Waals surface area contributed by atoms with Crippen LogP contribution in [0.25, 0.3) is 0 Å². The van der Waals surface area contributed by atoms with Crippen molar-refractivity contribution in [2.45, 2.75) is 65.2 Å². The number of aryl methyl sites for hydroxylation is 1. The molecule has 2 aromatic carbocycles. The predicted octanol–water partition coefficient (Wildman–Crippen LogP) is 6.98. The molecule has 2 unspecified atom stereocenters. The maximum atomic E-state index is 12.3. The standard InChI is InChI=1S/C26H34O3/c1-3-7-21-8-4-5-9-22(21)10-6-19-28-24-17-13-23(14-18-24)26(27)29-25-15-11-20(2)12-16-25/h11-18,21-22H,3-10,19H2,1-2H3. The summed E-state index contributed by atoms with van der Waals surface area (Å²) < 4.78 is 11.3. The maximum absolute atomic E-state index is 12.3. The van der Waals surface area contributed by atoms with E-state index in [1.807, 2.05) is 43.3 Å². The minimum absolute atomic E-state index is 0.348. The van der Waals surface area contributed by atoms with Crippen molar-refractivity contribution in [1.29, 1.82) is 0 Å². The zero-order valence-corrected chi connectivity index (χ0v) is 17.9. The summed E-state index contributed by atoms with van der Waals surface area (Å²) in [6, 6.07) is 14.7. The molecule has 0 aliphatic heterocycles. The largest absolute Gasteiger partial charge is 0.494 e. The Balaban J connectivity index is 1.42. The van der Waals surface area contributed by atoms with Crippen LogP contribution in [0.1, 0.15) is 74.2 Å². The van der Waals surface area contributed by atoms with E-state index in [9.17, 15) is 4.79 Å². The molecule has 1 saturated carbocycles. The average Bonchev–Trinajstić information content (AvgIpc) is 2.74. The van der Waals surface area contributed by atoms with Gasteiger partial charge < -0.3 is 9.47 Å². The molecule has 0 saturated heterocycles. The Morgan fingerprint density at radius 1 is 0.897 bits per heavy atom. The van der Waals surface area contributed by atoms with Gasteiger partial charge in [-0.2, -0.15) is 0 Å². The van der Waals surface area contributed by atoms with Crippen molar-refractivity contribution >= 4 is 5.97 Å².